The fourth-order valence-corrected chi connectivity index (χ4v) is 2.08. The van der Waals surface area contributed by atoms with Crippen LogP contribution in [0.2, 0.25) is 10.2 Å². The van der Waals surface area contributed by atoms with Crippen LogP contribution in [0.1, 0.15) is 5.56 Å². The van der Waals surface area contributed by atoms with E-state index in [0.29, 0.717) is 15.2 Å². The molecule has 18 heavy (non-hydrogen) atoms. The van der Waals surface area contributed by atoms with E-state index in [9.17, 15) is 5.11 Å². The summed E-state index contributed by atoms with van der Waals surface area (Å²) >= 11 is 14.9. The zero-order valence-electron chi connectivity index (χ0n) is 9.12. The molecule has 0 amide bonds. The maximum Gasteiger partial charge on any atom is 0.281 e. The van der Waals surface area contributed by atoms with Gasteiger partial charge >= 0.3 is 0 Å². The standard InChI is InChI=1S/C11H7BrCl2N2O2/c1-5-7(13)3-2-6(12)10(5)18-11-8(17)4-9(14)15-16-11/h2-4H,1H3,(H,15,17). The maximum absolute atomic E-state index is 9.64. The smallest absolute Gasteiger partial charge is 0.281 e. The van der Waals surface area contributed by atoms with Crippen molar-refractivity contribution in [1.29, 1.82) is 0 Å². The summed E-state index contributed by atoms with van der Waals surface area (Å²) in [6.07, 6.45) is 0. The first-order valence-corrected chi connectivity index (χ1v) is 6.38. The lowest BCUT2D eigenvalue weighted by atomic mass is 10.2. The highest BCUT2D eigenvalue weighted by Gasteiger charge is 2.14. The Hall–Kier alpha value is -1.04. The molecule has 1 aromatic carbocycles. The summed E-state index contributed by atoms with van der Waals surface area (Å²) in [7, 11) is 0. The third-order valence-electron chi connectivity index (χ3n) is 2.20. The van der Waals surface area contributed by atoms with Crippen molar-refractivity contribution in [3.05, 3.63) is 38.4 Å². The van der Waals surface area contributed by atoms with E-state index in [2.05, 4.69) is 26.1 Å². The Morgan fingerprint density at radius 2 is 2.00 bits per heavy atom. The van der Waals surface area contributed by atoms with E-state index in [-0.39, 0.29) is 16.8 Å². The van der Waals surface area contributed by atoms with Gasteiger partial charge < -0.3 is 9.84 Å². The molecule has 0 atom stereocenters. The minimum absolute atomic E-state index is 0.0366. The van der Waals surface area contributed by atoms with Crippen molar-refractivity contribution in [2.24, 2.45) is 0 Å². The monoisotopic (exact) mass is 348 g/mol. The van der Waals surface area contributed by atoms with E-state index in [1.165, 1.54) is 6.07 Å². The van der Waals surface area contributed by atoms with Crippen LogP contribution >= 0.6 is 39.1 Å². The Morgan fingerprint density at radius 3 is 2.67 bits per heavy atom. The number of benzene rings is 1. The fourth-order valence-electron chi connectivity index (χ4n) is 1.28. The number of hydrogen-bond acceptors (Lipinski definition) is 4. The molecule has 0 radical (unpaired) electrons. The van der Waals surface area contributed by atoms with Crippen LogP contribution in [0.4, 0.5) is 0 Å². The van der Waals surface area contributed by atoms with Crippen LogP contribution in [0.3, 0.4) is 0 Å². The molecule has 94 valence electrons. The zero-order valence-corrected chi connectivity index (χ0v) is 12.2. The van der Waals surface area contributed by atoms with Crippen LogP contribution in [0, 0.1) is 6.92 Å². The average molecular weight is 350 g/mol. The summed E-state index contributed by atoms with van der Waals surface area (Å²) in [6.45, 7) is 1.79. The molecule has 1 aromatic heterocycles. The molecule has 0 fully saturated rings. The topological polar surface area (TPSA) is 55.2 Å². The highest BCUT2D eigenvalue weighted by Crippen LogP contribution is 2.38. The minimum atomic E-state index is -0.193. The Balaban J connectivity index is 2.43. The van der Waals surface area contributed by atoms with Crippen molar-refractivity contribution < 1.29 is 9.84 Å². The van der Waals surface area contributed by atoms with Crippen LogP contribution < -0.4 is 4.74 Å². The summed E-state index contributed by atoms with van der Waals surface area (Å²) in [5, 5.41) is 17.5. The number of rotatable bonds is 2. The van der Waals surface area contributed by atoms with Gasteiger partial charge in [-0.1, -0.05) is 23.2 Å². The Kier molecular flexibility index (Phi) is 3.94. The van der Waals surface area contributed by atoms with E-state index in [1.807, 2.05) is 0 Å². The molecular formula is C11H7BrCl2N2O2. The van der Waals surface area contributed by atoms with Gasteiger partial charge in [-0.05, 0) is 35.0 Å². The predicted molar refractivity (Wildman–Crippen MR) is 72.7 cm³/mol. The van der Waals surface area contributed by atoms with Crippen LogP contribution in [0.5, 0.6) is 17.4 Å². The molecule has 7 heteroatoms. The molecule has 0 aliphatic carbocycles. The van der Waals surface area contributed by atoms with Gasteiger partial charge in [0.15, 0.2) is 10.9 Å². The molecule has 0 aliphatic heterocycles. The third kappa shape index (κ3) is 2.68. The normalized spacial score (nSPS) is 10.4. The van der Waals surface area contributed by atoms with Gasteiger partial charge in [0.25, 0.3) is 5.88 Å². The maximum atomic E-state index is 9.64. The highest BCUT2D eigenvalue weighted by molar-refractivity contribution is 9.10. The SMILES string of the molecule is Cc1c(Cl)ccc(Br)c1Oc1nnc(Cl)cc1O. The number of hydrogen-bond donors (Lipinski definition) is 1. The minimum Gasteiger partial charge on any atom is -0.503 e. The number of nitrogens with zero attached hydrogens (tertiary/aromatic N) is 2. The van der Waals surface area contributed by atoms with Crippen molar-refractivity contribution in [3.63, 3.8) is 0 Å². The van der Waals surface area contributed by atoms with E-state index < -0.39 is 0 Å². The second-order valence-corrected chi connectivity index (χ2v) is 5.09. The second-order valence-electron chi connectivity index (χ2n) is 3.44. The van der Waals surface area contributed by atoms with Gasteiger partial charge in [-0.2, -0.15) is 0 Å². The highest BCUT2D eigenvalue weighted by atomic mass is 79.9. The van der Waals surface area contributed by atoms with E-state index in [1.54, 1.807) is 19.1 Å². The van der Waals surface area contributed by atoms with Crippen LogP contribution in [0.25, 0.3) is 0 Å². The molecule has 2 aromatic rings. The van der Waals surface area contributed by atoms with E-state index >= 15 is 0 Å². The molecule has 1 heterocycles. The van der Waals surface area contributed by atoms with Gasteiger partial charge in [0.05, 0.1) is 4.47 Å². The molecule has 0 unspecified atom stereocenters. The third-order valence-corrected chi connectivity index (χ3v) is 3.42. The van der Waals surface area contributed by atoms with Crippen LogP contribution in [0.15, 0.2) is 22.7 Å². The summed E-state index contributed by atoms with van der Waals surface area (Å²) in [5.74, 6) is 0.237. The van der Waals surface area contributed by atoms with Crippen LogP contribution in [-0.4, -0.2) is 15.3 Å². The zero-order chi connectivity index (χ0) is 13.3. The molecule has 0 spiro atoms. The first-order chi connectivity index (χ1) is 8.49. The average Bonchev–Trinajstić information content (AvgIpc) is 2.32. The number of aromatic hydroxyl groups is 1. The van der Waals surface area contributed by atoms with Gasteiger partial charge in [-0.3, -0.25) is 0 Å². The largest absolute Gasteiger partial charge is 0.503 e. The van der Waals surface area contributed by atoms with Crippen molar-refractivity contribution in [2.45, 2.75) is 6.92 Å². The molecule has 0 saturated heterocycles. The lowest BCUT2D eigenvalue weighted by molar-refractivity contribution is 0.389. The van der Waals surface area contributed by atoms with Gasteiger partial charge in [0, 0.05) is 16.7 Å². The number of aromatic nitrogens is 2. The summed E-state index contributed by atoms with van der Waals surface area (Å²) in [6, 6.07) is 4.73. The van der Waals surface area contributed by atoms with Gasteiger partial charge in [-0.15, -0.1) is 10.2 Å². The number of halogens is 3. The summed E-state index contributed by atoms with van der Waals surface area (Å²) in [5.41, 5.74) is 0.724. The van der Waals surface area contributed by atoms with Gasteiger partial charge in [0.2, 0.25) is 0 Å². The lowest BCUT2D eigenvalue weighted by Crippen LogP contribution is -1.94. The molecule has 0 bridgehead atoms. The molecule has 0 saturated carbocycles. The first kappa shape index (κ1) is 13.4. The Morgan fingerprint density at radius 1 is 1.28 bits per heavy atom. The van der Waals surface area contributed by atoms with E-state index in [0.717, 1.165) is 5.56 Å². The summed E-state index contributed by atoms with van der Waals surface area (Å²) in [4.78, 5) is 0. The van der Waals surface area contributed by atoms with Crippen molar-refractivity contribution in [3.8, 4) is 17.4 Å². The van der Waals surface area contributed by atoms with Crippen molar-refractivity contribution in [1.82, 2.24) is 10.2 Å². The quantitative estimate of drug-likeness (QED) is 0.875. The van der Waals surface area contributed by atoms with Crippen molar-refractivity contribution in [2.75, 3.05) is 0 Å². The van der Waals surface area contributed by atoms with Gasteiger partial charge in [-0.25, -0.2) is 0 Å². The second kappa shape index (κ2) is 5.30. The lowest BCUT2D eigenvalue weighted by Gasteiger charge is -2.11. The predicted octanol–water partition coefficient (Wildman–Crippen LogP) is 4.35. The Bertz CT molecular complexity index is 608. The van der Waals surface area contributed by atoms with Gasteiger partial charge in [0.1, 0.15) is 5.75 Å². The fraction of sp³-hybridized carbons (Fsp3) is 0.0909. The Labute approximate surface area is 122 Å². The number of ether oxygens (including phenoxy) is 1. The van der Waals surface area contributed by atoms with Crippen molar-refractivity contribution >= 4 is 39.1 Å². The molecule has 1 N–H and O–H groups in total. The molecule has 0 aliphatic rings. The molecular weight excluding hydrogens is 343 g/mol. The first-order valence-electron chi connectivity index (χ1n) is 4.83. The van der Waals surface area contributed by atoms with E-state index in [4.69, 9.17) is 27.9 Å². The van der Waals surface area contributed by atoms with Crippen LogP contribution in [-0.2, 0) is 0 Å². The summed E-state index contributed by atoms with van der Waals surface area (Å²) < 4.78 is 6.19. The molecule has 4 nitrogen and oxygen atoms in total. The molecule has 2 rings (SSSR count).